The van der Waals surface area contributed by atoms with Crippen LogP contribution in [0.5, 0.6) is 0 Å². The number of anilines is 1. The van der Waals surface area contributed by atoms with Crippen LogP contribution in [-0.4, -0.2) is 54.1 Å². The van der Waals surface area contributed by atoms with E-state index in [4.69, 9.17) is 5.73 Å². The number of likely N-dealkylation sites (N-methyl/N-ethyl adjacent to an activating group) is 1. The summed E-state index contributed by atoms with van der Waals surface area (Å²) in [4.78, 5) is 4.93. The van der Waals surface area contributed by atoms with Crippen molar-refractivity contribution in [1.29, 1.82) is 0 Å². The van der Waals surface area contributed by atoms with Gasteiger partial charge in [-0.15, -0.1) is 0 Å². The summed E-state index contributed by atoms with van der Waals surface area (Å²) in [6.45, 7) is 6.87. The van der Waals surface area contributed by atoms with Crippen molar-refractivity contribution in [2.24, 2.45) is 0 Å². The van der Waals surface area contributed by atoms with E-state index in [1.54, 1.807) is 0 Å². The molecule has 0 spiro atoms. The molecule has 4 nitrogen and oxygen atoms in total. The summed E-state index contributed by atoms with van der Waals surface area (Å²) < 4.78 is 2.31. The number of hydrogen-bond acceptors (Lipinski definition) is 3. The van der Waals surface area contributed by atoms with Crippen molar-refractivity contribution in [3.8, 4) is 0 Å². The molecule has 1 aromatic carbocycles. The Balaban J connectivity index is 1.67. The molecular weight excluding hydrogens is 236 g/mol. The average Bonchev–Trinajstić information content (AvgIpc) is 2.80. The number of aromatic nitrogens is 1. The fourth-order valence-corrected chi connectivity index (χ4v) is 2.72. The fraction of sp³-hybridized carbons (Fsp3) is 0.467. The van der Waals surface area contributed by atoms with Crippen molar-refractivity contribution >= 4 is 16.6 Å². The molecule has 2 aromatic rings. The molecule has 0 aliphatic carbocycles. The molecule has 0 bridgehead atoms. The Kier molecular flexibility index (Phi) is 3.44. The van der Waals surface area contributed by atoms with E-state index in [1.807, 2.05) is 6.07 Å². The van der Waals surface area contributed by atoms with Gasteiger partial charge in [0.05, 0.1) is 5.52 Å². The van der Waals surface area contributed by atoms with Gasteiger partial charge in [0.15, 0.2) is 0 Å². The lowest BCUT2D eigenvalue weighted by molar-refractivity contribution is 0.150. The molecule has 4 heteroatoms. The van der Waals surface area contributed by atoms with Crippen LogP contribution in [0.2, 0.25) is 0 Å². The van der Waals surface area contributed by atoms with Crippen LogP contribution < -0.4 is 5.73 Å². The van der Waals surface area contributed by atoms with Gasteiger partial charge in [-0.1, -0.05) is 6.07 Å². The monoisotopic (exact) mass is 258 g/mol. The second kappa shape index (κ2) is 5.23. The SMILES string of the molecule is CN1CCN(CCn2ccc3ccc(N)cc32)CC1. The number of fused-ring (bicyclic) bond motifs is 1. The first-order valence-corrected chi connectivity index (χ1v) is 6.98. The molecule has 102 valence electrons. The van der Waals surface area contributed by atoms with Gasteiger partial charge in [0, 0.05) is 51.2 Å². The van der Waals surface area contributed by atoms with Crippen LogP contribution in [0.1, 0.15) is 0 Å². The molecule has 19 heavy (non-hydrogen) atoms. The molecular formula is C15H22N4. The van der Waals surface area contributed by atoms with Crippen molar-refractivity contribution < 1.29 is 0 Å². The van der Waals surface area contributed by atoms with E-state index in [-0.39, 0.29) is 0 Å². The minimum absolute atomic E-state index is 0.840. The maximum atomic E-state index is 5.88. The normalized spacial score (nSPS) is 18.2. The highest BCUT2D eigenvalue weighted by Crippen LogP contribution is 2.18. The van der Waals surface area contributed by atoms with Crippen LogP contribution in [0.3, 0.4) is 0 Å². The summed E-state index contributed by atoms with van der Waals surface area (Å²) >= 11 is 0. The number of rotatable bonds is 3. The molecule has 1 aromatic heterocycles. The van der Waals surface area contributed by atoms with E-state index in [0.717, 1.165) is 18.8 Å². The highest BCUT2D eigenvalue weighted by atomic mass is 15.2. The van der Waals surface area contributed by atoms with Gasteiger partial charge >= 0.3 is 0 Å². The van der Waals surface area contributed by atoms with Gasteiger partial charge in [0.2, 0.25) is 0 Å². The van der Waals surface area contributed by atoms with Crippen molar-refractivity contribution in [3.05, 3.63) is 30.5 Å². The Bertz CT molecular complexity index is 552. The van der Waals surface area contributed by atoms with E-state index in [0.29, 0.717) is 0 Å². The minimum Gasteiger partial charge on any atom is -0.399 e. The average molecular weight is 258 g/mol. The van der Waals surface area contributed by atoms with E-state index in [1.165, 1.54) is 37.1 Å². The summed E-state index contributed by atoms with van der Waals surface area (Å²) in [6.07, 6.45) is 2.17. The van der Waals surface area contributed by atoms with Crippen LogP contribution in [0.25, 0.3) is 10.9 Å². The molecule has 1 saturated heterocycles. The maximum absolute atomic E-state index is 5.88. The maximum Gasteiger partial charge on any atom is 0.0501 e. The third-order valence-electron chi connectivity index (χ3n) is 4.05. The number of benzene rings is 1. The van der Waals surface area contributed by atoms with Gasteiger partial charge < -0.3 is 15.2 Å². The van der Waals surface area contributed by atoms with Crippen LogP contribution in [0.4, 0.5) is 5.69 Å². The molecule has 2 N–H and O–H groups in total. The quantitative estimate of drug-likeness (QED) is 0.847. The van der Waals surface area contributed by atoms with Crippen molar-refractivity contribution in [2.45, 2.75) is 6.54 Å². The smallest absolute Gasteiger partial charge is 0.0501 e. The Morgan fingerprint density at radius 1 is 1.05 bits per heavy atom. The molecule has 2 heterocycles. The first-order valence-electron chi connectivity index (χ1n) is 6.98. The van der Waals surface area contributed by atoms with Crippen molar-refractivity contribution in [2.75, 3.05) is 45.5 Å². The Labute approximate surface area is 114 Å². The zero-order valence-electron chi connectivity index (χ0n) is 11.5. The lowest BCUT2D eigenvalue weighted by atomic mass is 10.2. The van der Waals surface area contributed by atoms with Crippen LogP contribution in [0, 0.1) is 0 Å². The predicted octanol–water partition coefficient (Wildman–Crippen LogP) is 1.47. The molecule has 0 amide bonds. The molecule has 0 saturated carbocycles. The van der Waals surface area contributed by atoms with E-state index < -0.39 is 0 Å². The van der Waals surface area contributed by atoms with Crippen molar-refractivity contribution in [1.82, 2.24) is 14.4 Å². The number of nitrogens with two attached hydrogens (primary N) is 1. The zero-order valence-corrected chi connectivity index (χ0v) is 11.5. The number of hydrogen-bond donors (Lipinski definition) is 1. The van der Waals surface area contributed by atoms with Gasteiger partial charge in [-0.25, -0.2) is 0 Å². The lowest BCUT2D eigenvalue weighted by Gasteiger charge is -2.32. The highest BCUT2D eigenvalue weighted by Gasteiger charge is 2.13. The summed E-state index contributed by atoms with van der Waals surface area (Å²) in [5, 5.41) is 1.27. The van der Waals surface area contributed by atoms with E-state index >= 15 is 0 Å². The zero-order chi connectivity index (χ0) is 13.2. The van der Waals surface area contributed by atoms with Crippen LogP contribution >= 0.6 is 0 Å². The lowest BCUT2D eigenvalue weighted by Crippen LogP contribution is -2.45. The van der Waals surface area contributed by atoms with E-state index in [9.17, 15) is 0 Å². The minimum atomic E-state index is 0.840. The largest absolute Gasteiger partial charge is 0.399 e. The second-order valence-electron chi connectivity index (χ2n) is 5.47. The molecule has 1 aliphatic heterocycles. The van der Waals surface area contributed by atoms with Gasteiger partial charge in [-0.05, 0) is 30.6 Å². The molecule has 1 aliphatic rings. The summed E-state index contributed by atoms with van der Waals surface area (Å²) in [7, 11) is 2.19. The molecule has 0 unspecified atom stereocenters. The number of nitrogens with zero attached hydrogens (tertiary/aromatic N) is 3. The Morgan fingerprint density at radius 3 is 2.63 bits per heavy atom. The van der Waals surface area contributed by atoms with Gasteiger partial charge in [-0.3, -0.25) is 4.90 Å². The fourth-order valence-electron chi connectivity index (χ4n) is 2.72. The summed E-state index contributed by atoms with van der Waals surface area (Å²) in [6, 6.07) is 8.29. The summed E-state index contributed by atoms with van der Waals surface area (Å²) in [5.41, 5.74) is 7.96. The standard InChI is InChI=1S/C15H22N4/c1-17-6-8-18(9-7-17)10-11-19-5-4-13-2-3-14(16)12-15(13)19/h2-5,12H,6-11,16H2,1H3. The van der Waals surface area contributed by atoms with Gasteiger partial charge in [-0.2, -0.15) is 0 Å². The van der Waals surface area contributed by atoms with Crippen LogP contribution in [0.15, 0.2) is 30.5 Å². The predicted molar refractivity (Wildman–Crippen MR) is 80.3 cm³/mol. The highest BCUT2D eigenvalue weighted by molar-refractivity contribution is 5.83. The Hall–Kier alpha value is -1.52. The first kappa shape index (κ1) is 12.5. The molecule has 0 radical (unpaired) electrons. The topological polar surface area (TPSA) is 37.4 Å². The van der Waals surface area contributed by atoms with E-state index in [2.05, 4.69) is 45.8 Å². The van der Waals surface area contributed by atoms with Gasteiger partial charge in [0.1, 0.15) is 0 Å². The molecule has 1 fully saturated rings. The van der Waals surface area contributed by atoms with Crippen molar-refractivity contribution in [3.63, 3.8) is 0 Å². The molecule has 0 atom stereocenters. The number of piperazine rings is 1. The van der Waals surface area contributed by atoms with Crippen LogP contribution in [-0.2, 0) is 6.54 Å². The molecule has 3 rings (SSSR count). The second-order valence-corrected chi connectivity index (χ2v) is 5.47. The third kappa shape index (κ3) is 2.74. The first-order chi connectivity index (χ1) is 9.22. The number of nitrogen functional groups attached to an aromatic ring is 1. The summed E-state index contributed by atoms with van der Waals surface area (Å²) in [5.74, 6) is 0. The Morgan fingerprint density at radius 2 is 1.84 bits per heavy atom. The van der Waals surface area contributed by atoms with Gasteiger partial charge in [0.25, 0.3) is 0 Å². The third-order valence-corrected chi connectivity index (χ3v) is 4.05.